The molecule has 1 fully saturated rings. The summed E-state index contributed by atoms with van der Waals surface area (Å²) in [5.74, 6) is -0.469. The van der Waals surface area contributed by atoms with E-state index in [0.717, 1.165) is 5.56 Å². The van der Waals surface area contributed by atoms with Crippen LogP contribution in [0.15, 0.2) is 29.2 Å². The molecule has 0 saturated carbocycles. The number of sulfonamides is 1. The van der Waals surface area contributed by atoms with Crippen molar-refractivity contribution in [2.75, 3.05) is 6.54 Å². The minimum Gasteiger partial charge on any atom is -0.354 e. The molecular formula is C12H16N4O4S. The topological polar surface area (TPSA) is 130 Å². The second-order valence-corrected chi connectivity index (χ2v) is 6.24. The number of nitrogens with two attached hydrogens (primary N) is 1. The zero-order valence-electron chi connectivity index (χ0n) is 11.1. The van der Waals surface area contributed by atoms with Crippen molar-refractivity contribution in [3.05, 3.63) is 29.8 Å². The Kier molecular flexibility index (Phi) is 4.56. The van der Waals surface area contributed by atoms with Gasteiger partial charge in [0, 0.05) is 6.54 Å². The smallest absolute Gasteiger partial charge is 0.239 e. The van der Waals surface area contributed by atoms with Crippen LogP contribution in [0.2, 0.25) is 0 Å². The summed E-state index contributed by atoms with van der Waals surface area (Å²) in [5.41, 5.74) is 5.82. The fraction of sp³-hybridized carbons (Fsp3) is 0.333. The highest BCUT2D eigenvalue weighted by Gasteiger charge is 2.26. The standard InChI is InChI=1S/C12H16N4O4S/c13-21(19,20)9-3-1-8(2-4-9)5-6-14-12(18)10-7-11(17)16-15-10/h1-4,10,15H,5-7H2,(H,14,18)(H,16,17)(H2,13,19,20). The maximum atomic E-state index is 11.7. The average Bonchev–Trinajstić information content (AvgIpc) is 2.85. The number of primary sulfonamides is 1. The Morgan fingerprint density at radius 1 is 1.33 bits per heavy atom. The molecule has 1 heterocycles. The summed E-state index contributed by atoms with van der Waals surface area (Å²) in [6.45, 7) is 0.389. The van der Waals surface area contributed by atoms with Crippen LogP contribution < -0.4 is 21.3 Å². The first kappa shape index (κ1) is 15.4. The van der Waals surface area contributed by atoms with E-state index in [4.69, 9.17) is 5.14 Å². The van der Waals surface area contributed by atoms with Crippen molar-refractivity contribution in [2.45, 2.75) is 23.8 Å². The van der Waals surface area contributed by atoms with Crippen molar-refractivity contribution in [1.82, 2.24) is 16.2 Å². The van der Waals surface area contributed by atoms with Gasteiger partial charge in [-0.1, -0.05) is 12.1 Å². The van der Waals surface area contributed by atoms with Crippen LogP contribution >= 0.6 is 0 Å². The van der Waals surface area contributed by atoms with Crippen LogP contribution in [-0.4, -0.2) is 32.8 Å². The Labute approximate surface area is 122 Å². The number of hydrazine groups is 1. The van der Waals surface area contributed by atoms with Gasteiger partial charge in [-0.05, 0) is 24.1 Å². The second-order valence-electron chi connectivity index (χ2n) is 4.68. The Hall–Kier alpha value is -1.97. The highest BCUT2D eigenvalue weighted by molar-refractivity contribution is 7.89. The van der Waals surface area contributed by atoms with Gasteiger partial charge in [0.15, 0.2) is 0 Å². The highest BCUT2D eigenvalue weighted by atomic mass is 32.2. The predicted molar refractivity (Wildman–Crippen MR) is 74.2 cm³/mol. The van der Waals surface area contributed by atoms with E-state index >= 15 is 0 Å². The van der Waals surface area contributed by atoms with E-state index in [-0.39, 0.29) is 23.1 Å². The van der Waals surface area contributed by atoms with Crippen molar-refractivity contribution in [2.24, 2.45) is 5.14 Å². The molecule has 1 atom stereocenters. The lowest BCUT2D eigenvalue weighted by molar-refractivity contribution is -0.124. The fourth-order valence-electron chi connectivity index (χ4n) is 1.91. The Morgan fingerprint density at radius 2 is 2.00 bits per heavy atom. The van der Waals surface area contributed by atoms with Gasteiger partial charge >= 0.3 is 0 Å². The Bertz CT molecular complexity index is 642. The molecule has 0 bridgehead atoms. The summed E-state index contributed by atoms with van der Waals surface area (Å²) >= 11 is 0. The molecule has 1 unspecified atom stereocenters. The third-order valence-electron chi connectivity index (χ3n) is 3.06. The molecule has 114 valence electrons. The normalized spacial score (nSPS) is 18.3. The maximum Gasteiger partial charge on any atom is 0.239 e. The molecule has 1 aliphatic rings. The number of amides is 2. The van der Waals surface area contributed by atoms with Crippen molar-refractivity contribution in [1.29, 1.82) is 0 Å². The van der Waals surface area contributed by atoms with Gasteiger partial charge < -0.3 is 5.32 Å². The van der Waals surface area contributed by atoms with Crippen molar-refractivity contribution < 1.29 is 18.0 Å². The summed E-state index contributed by atoms with van der Waals surface area (Å²) in [6, 6.07) is 5.58. The summed E-state index contributed by atoms with van der Waals surface area (Å²) in [6.07, 6.45) is 0.666. The molecule has 0 aromatic heterocycles. The summed E-state index contributed by atoms with van der Waals surface area (Å²) in [7, 11) is -3.69. The molecule has 1 saturated heterocycles. The minimum atomic E-state index is -3.69. The van der Waals surface area contributed by atoms with E-state index in [1.54, 1.807) is 12.1 Å². The lowest BCUT2D eigenvalue weighted by Crippen LogP contribution is -2.43. The SMILES string of the molecule is NS(=O)(=O)c1ccc(CCNC(=O)C2CC(=O)NN2)cc1. The van der Waals surface area contributed by atoms with Crippen molar-refractivity contribution in [3.63, 3.8) is 0 Å². The van der Waals surface area contributed by atoms with Gasteiger partial charge in [-0.15, -0.1) is 0 Å². The Morgan fingerprint density at radius 3 is 2.52 bits per heavy atom. The molecule has 1 aromatic rings. The first-order valence-electron chi connectivity index (χ1n) is 6.30. The van der Waals surface area contributed by atoms with Gasteiger partial charge in [-0.2, -0.15) is 0 Å². The molecular weight excluding hydrogens is 296 g/mol. The number of carbonyl (C=O) groups excluding carboxylic acids is 2. The summed E-state index contributed by atoms with van der Waals surface area (Å²) in [4.78, 5) is 22.7. The zero-order chi connectivity index (χ0) is 15.5. The van der Waals surface area contributed by atoms with E-state index < -0.39 is 16.1 Å². The number of nitrogens with one attached hydrogen (secondary N) is 3. The molecule has 0 aliphatic carbocycles. The number of rotatable bonds is 5. The highest BCUT2D eigenvalue weighted by Crippen LogP contribution is 2.09. The van der Waals surface area contributed by atoms with Crippen molar-refractivity contribution >= 4 is 21.8 Å². The van der Waals surface area contributed by atoms with Gasteiger partial charge in [0.05, 0.1) is 11.3 Å². The average molecular weight is 312 g/mol. The molecule has 8 nitrogen and oxygen atoms in total. The number of benzene rings is 1. The second kappa shape index (κ2) is 6.20. The zero-order valence-corrected chi connectivity index (χ0v) is 11.9. The van der Waals surface area contributed by atoms with Gasteiger partial charge in [0.2, 0.25) is 21.8 Å². The summed E-state index contributed by atoms with van der Waals surface area (Å²) < 4.78 is 22.2. The van der Waals surface area contributed by atoms with E-state index in [2.05, 4.69) is 16.2 Å². The van der Waals surface area contributed by atoms with Crippen LogP contribution in [0.3, 0.4) is 0 Å². The third kappa shape index (κ3) is 4.25. The molecule has 1 aliphatic heterocycles. The molecule has 0 radical (unpaired) electrons. The van der Waals surface area contributed by atoms with E-state index in [0.29, 0.717) is 13.0 Å². The van der Waals surface area contributed by atoms with Crippen molar-refractivity contribution in [3.8, 4) is 0 Å². The van der Waals surface area contributed by atoms with Crippen LogP contribution in [0.4, 0.5) is 0 Å². The number of hydrogen-bond donors (Lipinski definition) is 4. The first-order chi connectivity index (χ1) is 9.86. The molecule has 5 N–H and O–H groups in total. The van der Waals surface area contributed by atoms with Crippen LogP contribution in [0.25, 0.3) is 0 Å². The quantitative estimate of drug-likeness (QED) is 0.519. The number of hydrogen-bond acceptors (Lipinski definition) is 5. The summed E-state index contributed by atoms with van der Waals surface area (Å²) in [5, 5.41) is 7.70. The predicted octanol–water partition coefficient (Wildman–Crippen LogP) is -1.61. The van der Waals surface area contributed by atoms with Crippen LogP contribution in [0, 0.1) is 0 Å². The third-order valence-corrected chi connectivity index (χ3v) is 3.99. The molecule has 9 heteroatoms. The number of carbonyl (C=O) groups is 2. The molecule has 1 aromatic carbocycles. The van der Waals surface area contributed by atoms with E-state index in [1.807, 2.05) is 0 Å². The fourth-order valence-corrected chi connectivity index (χ4v) is 2.43. The molecule has 2 amide bonds. The van der Waals surface area contributed by atoms with Crippen LogP contribution in [0.5, 0.6) is 0 Å². The van der Waals surface area contributed by atoms with E-state index in [1.165, 1.54) is 12.1 Å². The minimum absolute atomic E-state index is 0.0510. The van der Waals surface area contributed by atoms with Gasteiger partial charge in [0.25, 0.3) is 0 Å². The lowest BCUT2D eigenvalue weighted by Gasteiger charge is -2.09. The lowest BCUT2D eigenvalue weighted by atomic mass is 10.1. The molecule has 0 spiro atoms. The van der Waals surface area contributed by atoms with E-state index in [9.17, 15) is 18.0 Å². The van der Waals surface area contributed by atoms with Gasteiger partial charge in [-0.3, -0.25) is 15.0 Å². The molecule has 2 rings (SSSR count). The van der Waals surface area contributed by atoms with Gasteiger partial charge in [0.1, 0.15) is 6.04 Å². The maximum absolute atomic E-state index is 11.7. The largest absolute Gasteiger partial charge is 0.354 e. The Balaban J connectivity index is 1.81. The first-order valence-corrected chi connectivity index (χ1v) is 7.85. The monoisotopic (exact) mass is 312 g/mol. The molecule has 21 heavy (non-hydrogen) atoms. The van der Waals surface area contributed by atoms with Crippen LogP contribution in [0.1, 0.15) is 12.0 Å². The van der Waals surface area contributed by atoms with Crippen LogP contribution in [-0.2, 0) is 26.0 Å². The van der Waals surface area contributed by atoms with Gasteiger partial charge in [-0.25, -0.2) is 19.0 Å².